The molecule has 0 atom stereocenters. The van der Waals surface area contributed by atoms with E-state index < -0.39 is 15.9 Å². The molecule has 2 rings (SSSR count). The summed E-state index contributed by atoms with van der Waals surface area (Å²) in [7, 11) is -4.05. The normalized spacial score (nSPS) is 11.6. The number of halogens is 1. The van der Waals surface area contributed by atoms with Crippen LogP contribution in [0.3, 0.4) is 0 Å². The summed E-state index contributed by atoms with van der Waals surface area (Å²) in [5.74, 6) is 0.349. The SMILES string of the molecule is CCN(CC)c1ccc(C[NH2+]CC(C)C)c(OS(=O)(=O)c2ccc(F)cc2)c1. The van der Waals surface area contributed by atoms with E-state index >= 15 is 0 Å². The monoisotopic (exact) mass is 409 g/mol. The molecule has 7 heteroatoms. The number of hydrogen-bond donors (Lipinski definition) is 1. The van der Waals surface area contributed by atoms with Crippen molar-refractivity contribution in [3.8, 4) is 5.75 Å². The van der Waals surface area contributed by atoms with Crippen molar-refractivity contribution in [2.75, 3.05) is 24.5 Å². The minimum Gasteiger partial charge on any atom is -0.378 e. The van der Waals surface area contributed by atoms with Crippen molar-refractivity contribution in [3.63, 3.8) is 0 Å². The Morgan fingerprint density at radius 3 is 2.29 bits per heavy atom. The van der Waals surface area contributed by atoms with Crippen LogP contribution in [0.4, 0.5) is 10.1 Å². The first-order valence-corrected chi connectivity index (χ1v) is 11.1. The molecule has 0 saturated carbocycles. The van der Waals surface area contributed by atoms with E-state index in [0.717, 1.165) is 43.0 Å². The largest absolute Gasteiger partial charge is 0.378 e. The van der Waals surface area contributed by atoms with Gasteiger partial charge in [-0.05, 0) is 50.2 Å². The number of quaternary nitrogens is 1. The lowest BCUT2D eigenvalue weighted by molar-refractivity contribution is -0.675. The Hall–Kier alpha value is -2.12. The van der Waals surface area contributed by atoms with Gasteiger partial charge in [-0.25, -0.2) is 4.39 Å². The molecule has 2 N–H and O–H groups in total. The molecule has 0 aromatic heterocycles. The molecule has 28 heavy (non-hydrogen) atoms. The summed E-state index contributed by atoms with van der Waals surface area (Å²) in [6.07, 6.45) is 0. The Bertz CT molecular complexity index is 864. The number of benzene rings is 2. The number of nitrogens with zero attached hydrogens (tertiary/aromatic N) is 1. The second-order valence-corrected chi connectivity index (χ2v) is 8.62. The van der Waals surface area contributed by atoms with Crippen molar-refractivity contribution in [2.45, 2.75) is 39.1 Å². The fraction of sp³-hybridized carbons (Fsp3) is 0.429. The molecular formula is C21H30FN2O3S+. The summed E-state index contributed by atoms with van der Waals surface area (Å²) in [5.41, 5.74) is 1.71. The maximum atomic E-state index is 13.1. The molecule has 154 valence electrons. The van der Waals surface area contributed by atoms with Crippen LogP contribution in [0, 0.1) is 11.7 Å². The van der Waals surface area contributed by atoms with Crippen LogP contribution in [0.5, 0.6) is 5.75 Å². The molecule has 0 aliphatic carbocycles. The Morgan fingerprint density at radius 1 is 1.07 bits per heavy atom. The quantitative estimate of drug-likeness (QED) is 0.613. The smallest absolute Gasteiger partial charge is 0.339 e. The maximum absolute atomic E-state index is 13.1. The van der Waals surface area contributed by atoms with E-state index in [0.29, 0.717) is 18.2 Å². The van der Waals surface area contributed by atoms with Crippen LogP contribution in [-0.2, 0) is 16.7 Å². The molecule has 0 spiro atoms. The molecule has 0 bridgehead atoms. The van der Waals surface area contributed by atoms with E-state index in [1.54, 1.807) is 6.07 Å². The zero-order valence-corrected chi connectivity index (χ0v) is 17.8. The van der Waals surface area contributed by atoms with Crippen molar-refractivity contribution in [3.05, 3.63) is 53.8 Å². The molecule has 0 radical (unpaired) electrons. The molecule has 0 saturated heterocycles. The van der Waals surface area contributed by atoms with Crippen molar-refractivity contribution in [2.24, 2.45) is 5.92 Å². The predicted molar refractivity (Wildman–Crippen MR) is 110 cm³/mol. The minimum atomic E-state index is -4.05. The van der Waals surface area contributed by atoms with E-state index in [4.69, 9.17) is 4.18 Å². The Labute approximate surface area is 167 Å². The van der Waals surface area contributed by atoms with Gasteiger partial charge >= 0.3 is 10.1 Å². The topological polar surface area (TPSA) is 63.2 Å². The van der Waals surface area contributed by atoms with E-state index in [9.17, 15) is 12.8 Å². The molecule has 0 aliphatic rings. The average Bonchev–Trinajstić information content (AvgIpc) is 2.64. The van der Waals surface area contributed by atoms with E-state index in [1.165, 1.54) is 12.1 Å². The Morgan fingerprint density at radius 2 is 1.71 bits per heavy atom. The summed E-state index contributed by atoms with van der Waals surface area (Å²) >= 11 is 0. The molecule has 0 heterocycles. The fourth-order valence-electron chi connectivity index (χ4n) is 2.91. The van der Waals surface area contributed by atoms with Gasteiger partial charge in [-0.15, -0.1) is 0 Å². The van der Waals surface area contributed by atoms with Crippen molar-refractivity contribution in [1.82, 2.24) is 0 Å². The summed E-state index contributed by atoms with van der Waals surface area (Å²) in [6.45, 7) is 11.5. The van der Waals surface area contributed by atoms with Crippen molar-refractivity contribution >= 4 is 15.8 Å². The lowest BCUT2D eigenvalue weighted by Gasteiger charge is -2.22. The third-order valence-electron chi connectivity index (χ3n) is 4.48. The van der Waals surface area contributed by atoms with Crippen LogP contribution in [0.2, 0.25) is 0 Å². The first kappa shape index (κ1) is 22.2. The van der Waals surface area contributed by atoms with Crippen LogP contribution in [0.25, 0.3) is 0 Å². The molecule has 2 aromatic carbocycles. The van der Waals surface area contributed by atoms with Gasteiger partial charge in [-0.1, -0.05) is 13.8 Å². The molecule has 0 unspecified atom stereocenters. The highest BCUT2D eigenvalue weighted by Crippen LogP contribution is 2.28. The molecule has 5 nitrogen and oxygen atoms in total. The number of rotatable bonds is 10. The summed E-state index contributed by atoms with van der Waals surface area (Å²) < 4.78 is 44.0. The van der Waals surface area contributed by atoms with Crippen molar-refractivity contribution in [1.29, 1.82) is 0 Å². The first-order chi connectivity index (χ1) is 13.3. The van der Waals surface area contributed by atoms with Gasteiger partial charge in [0, 0.05) is 30.8 Å². The zero-order valence-electron chi connectivity index (χ0n) is 17.0. The van der Waals surface area contributed by atoms with Gasteiger partial charge in [0.1, 0.15) is 17.3 Å². The third kappa shape index (κ3) is 5.94. The predicted octanol–water partition coefficient (Wildman–Crippen LogP) is 3.16. The first-order valence-electron chi connectivity index (χ1n) is 9.66. The summed E-state index contributed by atoms with van der Waals surface area (Å²) in [6, 6.07) is 10.3. The maximum Gasteiger partial charge on any atom is 0.339 e. The Balaban J connectivity index is 2.36. The summed E-state index contributed by atoms with van der Waals surface area (Å²) in [4.78, 5) is 2.05. The fourth-order valence-corrected chi connectivity index (χ4v) is 3.87. The van der Waals surface area contributed by atoms with Crippen LogP contribution in [0.1, 0.15) is 33.3 Å². The van der Waals surface area contributed by atoms with Gasteiger partial charge < -0.3 is 14.4 Å². The van der Waals surface area contributed by atoms with Crippen LogP contribution >= 0.6 is 0 Å². The van der Waals surface area contributed by atoms with Gasteiger partial charge in [0.15, 0.2) is 5.75 Å². The summed E-state index contributed by atoms with van der Waals surface area (Å²) in [5, 5.41) is 2.13. The molecule has 0 aliphatic heterocycles. The highest BCUT2D eigenvalue weighted by atomic mass is 32.2. The van der Waals surface area contributed by atoms with Crippen LogP contribution < -0.4 is 14.4 Å². The molecule has 2 aromatic rings. The average molecular weight is 410 g/mol. The van der Waals surface area contributed by atoms with Gasteiger partial charge in [0.2, 0.25) is 0 Å². The number of anilines is 1. The van der Waals surface area contributed by atoms with Gasteiger partial charge in [-0.3, -0.25) is 0 Å². The second-order valence-electron chi connectivity index (χ2n) is 7.08. The molecular weight excluding hydrogens is 379 g/mol. The Kier molecular flexibility index (Phi) is 7.83. The standard InChI is InChI=1S/C21H29FN2O3S/c1-5-24(6-2)19-10-7-17(15-23-14-16(3)4)21(13-19)27-28(25,26)20-11-8-18(22)9-12-20/h7-13,16,23H,5-6,14-15H2,1-4H3/p+1. The van der Waals surface area contributed by atoms with E-state index in [2.05, 4.69) is 24.1 Å². The van der Waals surface area contributed by atoms with E-state index in [-0.39, 0.29) is 4.90 Å². The lowest BCUT2D eigenvalue weighted by atomic mass is 10.1. The molecule has 0 amide bonds. The highest BCUT2D eigenvalue weighted by molar-refractivity contribution is 7.87. The second kappa shape index (κ2) is 9.89. The van der Waals surface area contributed by atoms with Crippen LogP contribution in [0.15, 0.2) is 47.4 Å². The van der Waals surface area contributed by atoms with Crippen molar-refractivity contribution < 1.29 is 22.3 Å². The number of nitrogens with two attached hydrogens (primary N) is 1. The van der Waals surface area contributed by atoms with E-state index in [1.807, 2.05) is 26.0 Å². The third-order valence-corrected chi connectivity index (χ3v) is 5.73. The van der Waals surface area contributed by atoms with Gasteiger partial charge in [0.05, 0.1) is 12.1 Å². The van der Waals surface area contributed by atoms with Gasteiger partial charge in [0.25, 0.3) is 0 Å². The number of hydrogen-bond acceptors (Lipinski definition) is 4. The minimum absolute atomic E-state index is 0.0701. The zero-order chi connectivity index (χ0) is 20.7. The van der Waals surface area contributed by atoms with Gasteiger partial charge in [-0.2, -0.15) is 8.42 Å². The highest BCUT2D eigenvalue weighted by Gasteiger charge is 2.20. The lowest BCUT2D eigenvalue weighted by Crippen LogP contribution is -2.83. The molecule has 0 fully saturated rings. The van der Waals surface area contributed by atoms with Crippen LogP contribution in [-0.4, -0.2) is 28.1 Å².